The Kier molecular flexibility index (Phi) is 5.93. The minimum atomic E-state index is -0.640. The summed E-state index contributed by atoms with van der Waals surface area (Å²) in [4.78, 5) is 28.0. The maximum absolute atomic E-state index is 12.7. The van der Waals surface area contributed by atoms with Crippen LogP contribution >= 0.6 is 34.9 Å². The van der Waals surface area contributed by atoms with Gasteiger partial charge in [-0.25, -0.2) is 0 Å². The van der Waals surface area contributed by atoms with Gasteiger partial charge in [-0.15, -0.1) is 22.7 Å². The number of aryl methyl sites for hydroxylation is 2. The van der Waals surface area contributed by atoms with E-state index in [1.54, 1.807) is 11.5 Å². The molecule has 0 aromatic carbocycles. The van der Waals surface area contributed by atoms with Crippen LogP contribution in [0, 0.1) is 4.77 Å². The standard InChI is InChI=1S/C19H21N5O2S3/c1-11(24-16(20-23-19(24)27)14-8-5-9-28-14)17(25)21-22-18(26)15-10-12-6-3-2-4-7-13(12)29-15/h5,8-11H,2-4,6-7H2,1H3,(H,21,25)(H,22,26)(H,23,27). The molecule has 3 aromatic heterocycles. The third kappa shape index (κ3) is 4.19. The molecule has 7 nitrogen and oxygen atoms in total. The van der Waals surface area contributed by atoms with Gasteiger partial charge in [0.15, 0.2) is 10.6 Å². The number of rotatable bonds is 4. The van der Waals surface area contributed by atoms with E-state index in [2.05, 4.69) is 21.0 Å². The van der Waals surface area contributed by atoms with Crippen LogP contribution in [0.1, 0.15) is 52.3 Å². The Hall–Kier alpha value is -2.30. The van der Waals surface area contributed by atoms with Crippen molar-refractivity contribution in [2.45, 2.75) is 45.1 Å². The summed E-state index contributed by atoms with van der Waals surface area (Å²) in [6.45, 7) is 1.72. The zero-order valence-corrected chi connectivity index (χ0v) is 18.3. The number of nitrogens with zero attached hydrogens (tertiary/aromatic N) is 2. The van der Waals surface area contributed by atoms with E-state index in [4.69, 9.17) is 12.2 Å². The van der Waals surface area contributed by atoms with Crippen molar-refractivity contribution >= 4 is 46.7 Å². The quantitative estimate of drug-likeness (QED) is 0.320. The van der Waals surface area contributed by atoms with Gasteiger partial charge in [0.2, 0.25) is 0 Å². The summed E-state index contributed by atoms with van der Waals surface area (Å²) in [6.07, 6.45) is 5.62. The Balaban J connectivity index is 1.43. The van der Waals surface area contributed by atoms with E-state index >= 15 is 0 Å². The molecule has 4 rings (SSSR count). The highest BCUT2D eigenvalue weighted by atomic mass is 32.1. The first-order valence-corrected chi connectivity index (χ1v) is 11.6. The van der Waals surface area contributed by atoms with Gasteiger partial charge in [-0.1, -0.05) is 12.5 Å². The predicted molar refractivity (Wildman–Crippen MR) is 117 cm³/mol. The first-order chi connectivity index (χ1) is 14.0. The first kappa shape index (κ1) is 20.0. The average Bonchev–Trinajstić information content (AvgIpc) is 3.43. The summed E-state index contributed by atoms with van der Waals surface area (Å²) in [5.74, 6) is -0.0642. The lowest BCUT2D eigenvalue weighted by molar-refractivity contribution is -0.124. The zero-order valence-electron chi connectivity index (χ0n) is 15.9. The molecule has 3 heterocycles. The molecule has 1 unspecified atom stereocenters. The van der Waals surface area contributed by atoms with Crippen LogP contribution in [0.2, 0.25) is 0 Å². The lowest BCUT2D eigenvalue weighted by Gasteiger charge is -2.15. The van der Waals surface area contributed by atoms with E-state index in [1.165, 1.54) is 46.0 Å². The lowest BCUT2D eigenvalue weighted by Crippen LogP contribution is -2.44. The van der Waals surface area contributed by atoms with Crippen molar-refractivity contribution in [2.75, 3.05) is 0 Å². The van der Waals surface area contributed by atoms with Crippen LogP contribution in [0.25, 0.3) is 10.7 Å². The van der Waals surface area contributed by atoms with Gasteiger partial charge in [0, 0.05) is 4.88 Å². The normalized spacial score (nSPS) is 14.7. The Bertz CT molecular complexity index is 1060. The van der Waals surface area contributed by atoms with Crippen molar-refractivity contribution in [3.8, 4) is 10.7 Å². The number of amides is 2. The summed E-state index contributed by atoms with van der Waals surface area (Å²) in [5, 5.41) is 8.92. The molecule has 3 aromatic rings. The van der Waals surface area contributed by atoms with Crippen molar-refractivity contribution in [1.82, 2.24) is 25.6 Å². The zero-order chi connectivity index (χ0) is 20.4. The Labute approximate surface area is 181 Å². The van der Waals surface area contributed by atoms with E-state index in [0.29, 0.717) is 15.5 Å². The smallest absolute Gasteiger partial charge is 0.279 e. The summed E-state index contributed by atoms with van der Waals surface area (Å²) >= 11 is 8.33. The van der Waals surface area contributed by atoms with E-state index in [9.17, 15) is 9.59 Å². The fourth-order valence-electron chi connectivity index (χ4n) is 3.42. The van der Waals surface area contributed by atoms with Crippen molar-refractivity contribution in [1.29, 1.82) is 0 Å². The number of carbonyl (C=O) groups excluding carboxylic acids is 2. The van der Waals surface area contributed by atoms with Gasteiger partial charge < -0.3 is 0 Å². The van der Waals surface area contributed by atoms with E-state index in [-0.39, 0.29) is 11.8 Å². The van der Waals surface area contributed by atoms with Crippen LogP contribution in [0.3, 0.4) is 0 Å². The number of hydrogen-bond donors (Lipinski definition) is 3. The maximum atomic E-state index is 12.7. The third-order valence-electron chi connectivity index (χ3n) is 4.98. The summed E-state index contributed by atoms with van der Waals surface area (Å²) in [5.41, 5.74) is 6.33. The molecule has 1 aliphatic rings. The molecular formula is C19H21N5O2S3. The van der Waals surface area contributed by atoms with E-state index in [1.807, 2.05) is 23.6 Å². The van der Waals surface area contributed by atoms with Gasteiger partial charge in [-0.05, 0) is 67.9 Å². The van der Waals surface area contributed by atoms with Gasteiger partial charge in [0.25, 0.3) is 11.8 Å². The SMILES string of the molecule is CC(C(=O)NNC(=O)c1cc2c(s1)CCCCC2)n1c(-c2cccs2)n[nH]c1=S. The van der Waals surface area contributed by atoms with Gasteiger partial charge >= 0.3 is 0 Å². The van der Waals surface area contributed by atoms with Crippen molar-refractivity contribution < 1.29 is 9.59 Å². The van der Waals surface area contributed by atoms with Crippen molar-refractivity contribution in [3.05, 3.63) is 43.7 Å². The van der Waals surface area contributed by atoms with Gasteiger partial charge in [0.05, 0.1) is 9.75 Å². The Morgan fingerprint density at radius 2 is 2.10 bits per heavy atom. The molecule has 0 spiro atoms. The second kappa shape index (κ2) is 8.60. The van der Waals surface area contributed by atoms with Crippen LogP contribution in [0.5, 0.6) is 0 Å². The molecule has 0 saturated heterocycles. The first-order valence-electron chi connectivity index (χ1n) is 9.47. The molecule has 3 N–H and O–H groups in total. The third-order valence-corrected chi connectivity index (χ3v) is 7.37. The van der Waals surface area contributed by atoms with Crippen molar-refractivity contribution in [3.63, 3.8) is 0 Å². The summed E-state index contributed by atoms with van der Waals surface area (Å²) in [6, 6.07) is 5.14. The number of thiophene rings is 2. The molecule has 0 bridgehead atoms. The molecule has 2 amide bonds. The highest BCUT2D eigenvalue weighted by molar-refractivity contribution is 7.71. The second-order valence-corrected chi connectivity index (χ2v) is 9.41. The van der Waals surface area contributed by atoms with E-state index < -0.39 is 6.04 Å². The minimum Gasteiger partial charge on any atom is -0.287 e. The number of aromatic amines is 1. The molecule has 29 heavy (non-hydrogen) atoms. The maximum Gasteiger partial charge on any atom is 0.279 e. The largest absolute Gasteiger partial charge is 0.287 e. The molecule has 1 aliphatic carbocycles. The topological polar surface area (TPSA) is 91.8 Å². The highest BCUT2D eigenvalue weighted by Gasteiger charge is 2.22. The van der Waals surface area contributed by atoms with Gasteiger partial charge in [0.1, 0.15) is 6.04 Å². The molecule has 0 fully saturated rings. The fourth-order valence-corrected chi connectivity index (χ4v) is 5.57. The predicted octanol–water partition coefficient (Wildman–Crippen LogP) is 4.02. The highest BCUT2D eigenvalue weighted by Crippen LogP contribution is 2.29. The van der Waals surface area contributed by atoms with E-state index in [0.717, 1.165) is 24.1 Å². The molecule has 0 radical (unpaired) electrons. The molecule has 0 aliphatic heterocycles. The Morgan fingerprint density at radius 1 is 1.28 bits per heavy atom. The molecule has 1 atom stereocenters. The number of aromatic nitrogens is 3. The van der Waals surface area contributed by atoms with Crippen LogP contribution in [-0.2, 0) is 17.6 Å². The van der Waals surface area contributed by atoms with Crippen LogP contribution in [0.4, 0.5) is 0 Å². The molecule has 152 valence electrons. The minimum absolute atomic E-state index is 0.294. The molecule has 10 heteroatoms. The van der Waals surface area contributed by atoms with Gasteiger partial charge in [-0.3, -0.25) is 30.1 Å². The number of H-pyrrole nitrogens is 1. The molecular weight excluding hydrogens is 426 g/mol. The lowest BCUT2D eigenvalue weighted by atomic mass is 10.1. The van der Waals surface area contributed by atoms with Crippen LogP contribution in [-0.4, -0.2) is 26.6 Å². The number of fused-ring (bicyclic) bond motifs is 1. The monoisotopic (exact) mass is 447 g/mol. The number of hydrogen-bond acceptors (Lipinski definition) is 6. The Morgan fingerprint density at radius 3 is 2.90 bits per heavy atom. The number of carbonyl (C=O) groups is 2. The van der Waals surface area contributed by atoms with Crippen molar-refractivity contribution in [2.24, 2.45) is 0 Å². The second-order valence-electron chi connectivity index (χ2n) is 6.94. The van der Waals surface area contributed by atoms with Crippen LogP contribution < -0.4 is 10.9 Å². The number of hydrazine groups is 1. The summed E-state index contributed by atoms with van der Waals surface area (Å²) in [7, 11) is 0. The molecule has 0 saturated carbocycles. The van der Waals surface area contributed by atoms with Gasteiger partial charge in [-0.2, -0.15) is 5.10 Å². The average molecular weight is 448 g/mol. The fraction of sp³-hybridized carbons (Fsp3) is 0.368. The summed E-state index contributed by atoms with van der Waals surface area (Å²) < 4.78 is 2.00. The van der Waals surface area contributed by atoms with Crippen LogP contribution in [0.15, 0.2) is 23.6 Å². The number of nitrogens with one attached hydrogen (secondary N) is 3.